The van der Waals surface area contributed by atoms with Crippen molar-refractivity contribution in [1.82, 2.24) is 5.16 Å². The largest absolute Gasteiger partial charge is 0.355 e. The van der Waals surface area contributed by atoms with Gasteiger partial charge in [-0.2, -0.15) is 0 Å². The van der Waals surface area contributed by atoms with E-state index in [0.717, 1.165) is 11.1 Å². The van der Waals surface area contributed by atoms with Crippen LogP contribution in [0.1, 0.15) is 23.0 Å². The number of rotatable bonds is 3. The van der Waals surface area contributed by atoms with E-state index in [4.69, 9.17) is 16.1 Å². The Labute approximate surface area is 98.0 Å². The van der Waals surface area contributed by atoms with Crippen molar-refractivity contribution in [1.29, 1.82) is 0 Å². The quantitative estimate of drug-likeness (QED) is 0.767. The molecule has 0 aliphatic carbocycles. The van der Waals surface area contributed by atoms with E-state index in [1.165, 1.54) is 0 Å². The maximum atomic E-state index is 11.1. The van der Waals surface area contributed by atoms with E-state index in [1.54, 1.807) is 0 Å². The monoisotopic (exact) mass is 235 g/mol. The van der Waals surface area contributed by atoms with Gasteiger partial charge in [0.05, 0.1) is 0 Å². The van der Waals surface area contributed by atoms with Gasteiger partial charge in [-0.05, 0) is 18.0 Å². The highest BCUT2D eigenvalue weighted by Crippen LogP contribution is 2.27. The summed E-state index contributed by atoms with van der Waals surface area (Å²) in [5.41, 5.74) is 1.87. The molecule has 0 spiro atoms. The Morgan fingerprint density at radius 3 is 2.62 bits per heavy atom. The fourth-order valence-corrected chi connectivity index (χ4v) is 1.76. The highest BCUT2D eigenvalue weighted by atomic mass is 35.5. The molecule has 0 unspecified atom stereocenters. The molecule has 4 heteroatoms. The molecule has 2 aromatic rings. The van der Waals surface area contributed by atoms with E-state index < -0.39 is 5.24 Å². The van der Waals surface area contributed by atoms with Gasteiger partial charge in [0.15, 0.2) is 11.5 Å². The lowest BCUT2D eigenvalue weighted by Crippen LogP contribution is -1.94. The van der Waals surface area contributed by atoms with Gasteiger partial charge in [-0.25, -0.2) is 0 Å². The molecule has 0 N–H and O–H groups in total. The summed E-state index contributed by atoms with van der Waals surface area (Å²) in [4.78, 5) is 11.1. The van der Waals surface area contributed by atoms with E-state index in [0.29, 0.717) is 12.2 Å². The van der Waals surface area contributed by atoms with Crippen molar-refractivity contribution in [3.63, 3.8) is 0 Å². The van der Waals surface area contributed by atoms with E-state index in [-0.39, 0.29) is 5.69 Å². The van der Waals surface area contributed by atoms with Crippen LogP contribution in [0.15, 0.2) is 34.9 Å². The minimum absolute atomic E-state index is 0.211. The summed E-state index contributed by atoms with van der Waals surface area (Å²) >= 11 is 5.43. The molecule has 3 nitrogen and oxygen atoms in total. The Morgan fingerprint density at radius 2 is 2.06 bits per heavy atom. The van der Waals surface area contributed by atoms with Crippen molar-refractivity contribution in [2.45, 2.75) is 13.3 Å². The second-order valence-electron chi connectivity index (χ2n) is 3.33. The molecule has 82 valence electrons. The Balaban J connectivity index is 2.54. The third-order valence-electron chi connectivity index (χ3n) is 2.36. The molecule has 1 aromatic carbocycles. The van der Waals surface area contributed by atoms with Crippen LogP contribution in [-0.4, -0.2) is 10.4 Å². The molecule has 0 aliphatic rings. The molecule has 0 fully saturated rings. The summed E-state index contributed by atoms with van der Waals surface area (Å²) in [5.74, 6) is 0.618. The standard InChI is InChI=1S/C12H10ClNO2/c1-2-9-10(12(13)15)14-16-11(9)8-6-4-3-5-7-8/h3-7H,2H2,1H3. The molecule has 0 bridgehead atoms. The van der Waals surface area contributed by atoms with Gasteiger partial charge in [0.2, 0.25) is 0 Å². The van der Waals surface area contributed by atoms with Crippen molar-refractivity contribution in [3.8, 4) is 11.3 Å². The van der Waals surface area contributed by atoms with Crippen molar-refractivity contribution >= 4 is 16.8 Å². The Kier molecular flexibility index (Phi) is 3.06. The molecule has 0 aliphatic heterocycles. The van der Waals surface area contributed by atoms with Crippen LogP contribution in [0.25, 0.3) is 11.3 Å². The van der Waals surface area contributed by atoms with Crippen LogP contribution in [0.2, 0.25) is 0 Å². The fraction of sp³-hybridized carbons (Fsp3) is 0.167. The summed E-state index contributed by atoms with van der Waals surface area (Å²) < 4.78 is 5.18. The van der Waals surface area contributed by atoms with Crippen LogP contribution in [0.5, 0.6) is 0 Å². The highest BCUT2D eigenvalue weighted by Gasteiger charge is 2.19. The fourth-order valence-electron chi connectivity index (χ4n) is 1.61. The Hall–Kier alpha value is -1.61. The zero-order valence-corrected chi connectivity index (χ0v) is 9.49. The molecule has 0 saturated heterocycles. The van der Waals surface area contributed by atoms with E-state index in [1.807, 2.05) is 37.3 Å². The molecule has 1 aromatic heterocycles. The molecule has 0 saturated carbocycles. The van der Waals surface area contributed by atoms with E-state index in [2.05, 4.69) is 5.16 Å². The second-order valence-corrected chi connectivity index (χ2v) is 3.68. The summed E-state index contributed by atoms with van der Waals surface area (Å²) in [6.45, 7) is 1.93. The lowest BCUT2D eigenvalue weighted by Gasteiger charge is -1.98. The Bertz CT molecular complexity index is 505. The first-order valence-corrected chi connectivity index (χ1v) is 5.35. The smallest absolute Gasteiger partial charge is 0.274 e. The number of halogens is 1. The average molecular weight is 236 g/mol. The van der Waals surface area contributed by atoms with Crippen molar-refractivity contribution in [3.05, 3.63) is 41.6 Å². The number of carbonyl (C=O) groups is 1. The molecule has 1 heterocycles. The number of hydrogen-bond donors (Lipinski definition) is 0. The predicted octanol–water partition coefficient (Wildman–Crippen LogP) is 3.28. The number of benzene rings is 1. The van der Waals surface area contributed by atoms with Gasteiger partial charge >= 0.3 is 0 Å². The first-order chi connectivity index (χ1) is 7.74. The van der Waals surface area contributed by atoms with Gasteiger partial charge in [-0.1, -0.05) is 42.4 Å². The molecule has 16 heavy (non-hydrogen) atoms. The van der Waals surface area contributed by atoms with Crippen molar-refractivity contribution in [2.75, 3.05) is 0 Å². The third-order valence-corrected chi connectivity index (χ3v) is 2.54. The summed E-state index contributed by atoms with van der Waals surface area (Å²) in [6.07, 6.45) is 0.654. The van der Waals surface area contributed by atoms with Crippen molar-refractivity contribution < 1.29 is 9.32 Å². The SMILES string of the molecule is CCc1c(C(=O)Cl)noc1-c1ccccc1. The average Bonchev–Trinajstić information content (AvgIpc) is 2.73. The molecule has 0 radical (unpaired) electrons. The van der Waals surface area contributed by atoms with Crippen molar-refractivity contribution in [2.24, 2.45) is 0 Å². The van der Waals surface area contributed by atoms with Crippen LogP contribution in [0.4, 0.5) is 0 Å². The minimum Gasteiger partial charge on any atom is -0.355 e. The van der Waals surface area contributed by atoms with Crippen LogP contribution < -0.4 is 0 Å². The molecule has 2 rings (SSSR count). The van der Waals surface area contributed by atoms with Gasteiger partial charge < -0.3 is 4.52 Å². The first-order valence-electron chi connectivity index (χ1n) is 4.97. The lowest BCUT2D eigenvalue weighted by molar-refractivity contribution is 0.107. The van der Waals surface area contributed by atoms with E-state index in [9.17, 15) is 4.79 Å². The van der Waals surface area contributed by atoms with Crippen LogP contribution >= 0.6 is 11.6 Å². The van der Waals surface area contributed by atoms with Crippen LogP contribution in [0, 0.1) is 0 Å². The van der Waals surface area contributed by atoms with Gasteiger partial charge in [-0.15, -0.1) is 0 Å². The summed E-state index contributed by atoms with van der Waals surface area (Å²) in [5, 5.41) is 3.13. The topological polar surface area (TPSA) is 43.1 Å². The Morgan fingerprint density at radius 1 is 1.38 bits per heavy atom. The first kappa shape index (κ1) is 10.9. The maximum absolute atomic E-state index is 11.1. The maximum Gasteiger partial charge on any atom is 0.274 e. The molecular formula is C12H10ClNO2. The summed E-state index contributed by atoms with van der Waals surface area (Å²) in [6, 6.07) is 9.53. The second kappa shape index (κ2) is 4.49. The van der Waals surface area contributed by atoms with Gasteiger partial charge in [0.1, 0.15) is 0 Å². The highest BCUT2D eigenvalue weighted by molar-refractivity contribution is 6.67. The number of carbonyl (C=O) groups excluding carboxylic acids is 1. The molecular weight excluding hydrogens is 226 g/mol. The number of aromatic nitrogens is 1. The van der Waals surface area contributed by atoms with Crippen LogP contribution in [0.3, 0.4) is 0 Å². The van der Waals surface area contributed by atoms with Gasteiger partial charge in [-0.3, -0.25) is 4.79 Å². The minimum atomic E-state index is -0.581. The normalized spacial score (nSPS) is 10.4. The lowest BCUT2D eigenvalue weighted by atomic mass is 10.1. The molecule has 0 atom stereocenters. The molecule has 0 amide bonds. The van der Waals surface area contributed by atoms with E-state index >= 15 is 0 Å². The predicted molar refractivity (Wildman–Crippen MR) is 61.5 cm³/mol. The zero-order valence-electron chi connectivity index (χ0n) is 8.74. The van der Waals surface area contributed by atoms with Gasteiger partial charge in [0, 0.05) is 11.1 Å². The van der Waals surface area contributed by atoms with Crippen LogP contribution in [-0.2, 0) is 6.42 Å². The number of nitrogens with zero attached hydrogens (tertiary/aromatic N) is 1. The van der Waals surface area contributed by atoms with Gasteiger partial charge in [0.25, 0.3) is 5.24 Å². The number of hydrogen-bond acceptors (Lipinski definition) is 3. The zero-order chi connectivity index (χ0) is 11.5. The third kappa shape index (κ3) is 1.86. The summed E-state index contributed by atoms with van der Waals surface area (Å²) in [7, 11) is 0.